The van der Waals surface area contributed by atoms with E-state index < -0.39 is 5.97 Å². The van der Waals surface area contributed by atoms with Gasteiger partial charge in [-0.2, -0.15) is 0 Å². The molecule has 1 radical (unpaired) electrons. The SMILES string of the molecule is C/C(O)=C/C(=O)OCCC(C)C.[Cu]. The molecule has 0 atom stereocenters. The van der Waals surface area contributed by atoms with E-state index in [9.17, 15) is 4.79 Å². The summed E-state index contributed by atoms with van der Waals surface area (Å²) in [7, 11) is 0. The zero-order chi connectivity index (χ0) is 9.56. The van der Waals surface area contributed by atoms with Crippen LogP contribution >= 0.6 is 0 Å². The van der Waals surface area contributed by atoms with E-state index in [4.69, 9.17) is 9.84 Å². The van der Waals surface area contributed by atoms with Crippen molar-refractivity contribution >= 4 is 5.97 Å². The fourth-order valence-corrected chi connectivity index (χ4v) is 0.607. The van der Waals surface area contributed by atoms with Crippen LogP contribution in [0.1, 0.15) is 27.2 Å². The van der Waals surface area contributed by atoms with Gasteiger partial charge in [0.05, 0.1) is 18.4 Å². The Kier molecular flexibility index (Phi) is 9.41. The summed E-state index contributed by atoms with van der Waals surface area (Å²) >= 11 is 0. The topological polar surface area (TPSA) is 46.5 Å². The van der Waals surface area contributed by atoms with Crippen LogP contribution in [0.2, 0.25) is 0 Å². The summed E-state index contributed by atoms with van der Waals surface area (Å²) in [5, 5.41) is 8.69. The average molecular weight is 236 g/mol. The van der Waals surface area contributed by atoms with Crippen molar-refractivity contribution in [2.75, 3.05) is 6.61 Å². The molecule has 0 aromatic carbocycles. The molecule has 3 nitrogen and oxygen atoms in total. The van der Waals surface area contributed by atoms with Crippen LogP contribution in [0.25, 0.3) is 0 Å². The first-order chi connectivity index (χ1) is 5.52. The normalized spacial score (nSPS) is 10.9. The molecule has 1 N–H and O–H groups in total. The number of hydrogen-bond donors (Lipinski definition) is 1. The summed E-state index contributed by atoms with van der Waals surface area (Å²) in [6, 6.07) is 0. The summed E-state index contributed by atoms with van der Waals surface area (Å²) in [5.41, 5.74) is 0. The van der Waals surface area contributed by atoms with Crippen molar-refractivity contribution in [3.63, 3.8) is 0 Å². The quantitative estimate of drug-likeness (QED) is 0.351. The molecule has 0 spiro atoms. The molecule has 0 rings (SSSR count). The van der Waals surface area contributed by atoms with Gasteiger partial charge in [0.1, 0.15) is 0 Å². The molecular formula is C9H16CuO3. The van der Waals surface area contributed by atoms with Gasteiger partial charge in [-0.1, -0.05) is 13.8 Å². The molecule has 0 saturated carbocycles. The van der Waals surface area contributed by atoms with E-state index in [2.05, 4.69) is 13.8 Å². The molecule has 0 aliphatic heterocycles. The number of rotatable bonds is 4. The number of aliphatic hydroxyl groups is 1. The summed E-state index contributed by atoms with van der Waals surface area (Å²) in [6.07, 6.45) is 1.92. The van der Waals surface area contributed by atoms with Crippen LogP contribution < -0.4 is 0 Å². The Morgan fingerprint density at radius 2 is 2.08 bits per heavy atom. The Hall–Kier alpha value is -0.471. The molecule has 0 amide bonds. The number of esters is 1. The Morgan fingerprint density at radius 3 is 2.46 bits per heavy atom. The summed E-state index contributed by atoms with van der Waals surface area (Å²) in [5.74, 6) is 0.0252. The summed E-state index contributed by atoms with van der Waals surface area (Å²) < 4.78 is 4.79. The van der Waals surface area contributed by atoms with Crippen molar-refractivity contribution in [3.8, 4) is 0 Å². The van der Waals surface area contributed by atoms with E-state index in [1.807, 2.05) is 0 Å². The second kappa shape index (κ2) is 8.14. The van der Waals surface area contributed by atoms with Crippen molar-refractivity contribution in [2.24, 2.45) is 5.92 Å². The van der Waals surface area contributed by atoms with Gasteiger partial charge >= 0.3 is 5.97 Å². The van der Waals surface area contributed by atoms with Crippen LogP contribution in [-0.4, -0.2) is 17.7 Å². The van der Waals surface area contributed by atoms with Crippen molar-refractivity contribution in [3.05, 3.63) is 11.8 Å². The van der Waals surface area contributed by atoms with Crippen LogP contribution in [0.3, 0.4) is 0 Å². The van der Waals surface area contributed by atoms with Crippen LogP contribution in [0.4, 0.5) is 0 Å². The van der Waals surface area contributed by atoms with Gasteiger partial charge in [0.15, 0.2) is 0 Å². The molecule has 13 heavy (non-hydrogen) atoms. The van der Waals surface area contributed by atoms with Gasteiger partial charge in [-0.3, -0.25) is 0 Å². The molecule has 0 fully saturated rings. The van der Waals surface area contributed by atoms with Crippen LogP contribution in [0, 0.1) is 5.92 Å². The summed E-state index contributed by atoms with van der Waals surface area (Å²) in [4.78, 5) is 10.8. The fraction of sp³-hybridized carbons (Fsp3) is 0.667. The molecule has 81 valence electrons. The average Bonchev–Trinajstić information content (AvgIpc) is 1.84. The first-order valence-electron chi connectivity index (χ1n) is 4.06. The maximum atomic E-state index is 10.8. The van der Waals surface area contributed by atoms with Gasteiger partial charge in [-0.15, -0.1) is 0 Å². The minimum absolute atomic E-state index is 0. The predicted octanol–water partition coefficient (Wildman–Crippen LogP) is 2.04. The van der Waals surface area contributed by atoms with E-state index in [-0.39, 0.29) is 22.8 Å². The number of aliphatic hydroxyl groups excluding tert-OH is 1. The van der Waals surface area contributed by atoms with Gasteiger partial charge < -0.3 is 9.84 Å². The smallest absolute Gasteiger partial charge is 0.334 e. The number of carbonyl (C=O) groups excluding carboxylic acids is 1. The third kappa shape index (κ3) is 11.5. The first-order valence-corrected chi connectivity index (χ1v) is 4.06. The molecule has 0 aliphatic carbocycles. The Labute approximate surface area is 89.6 Å². The maximum Gasteiger partial charge on any atom is 0.334 e. The van der Waals surface area contributed by atoms with Gasteiger partial charge in [0.2, 0.25) is 0 Å². The fourth-order valence-electron chi connectivity index (χ4n) is 0.607. The molecule has 0 aromatic rings. The van der Waals surface area contributed by atoms with Crippen molar-refractivity contribution in [1.29, 1.82) is 0 Å². The second-order valence-corrected chi connectivity index (χ2v) is 3.14. The van der Waals surface area contributed by atoms with Gasteiger partial charge in [0.25, 0.3) is 0 Å². The zero-order valence-corrected chi connectivity index (χ0v) is 9.08. The molecular weight excluding hydrogens is 220 g/mol. The van der Waals surface area contributed by atoms with Gasteiger partial charge in [0, 0.05) is 17.1 Å². The summed E-state index contributed by atoms with van der Waals surface area (Å²) in [6.45, 7) is 5.96. The van der Waals surface area contributed by atoms with Crippen molar-refractivity contribution < 1.29 is 31.7 Å². The number of carbonyl (C=O) groups is 1. The van der Waals surface area contributed by atoms with Crippen molar-refractivity contribution in [2.45, 2.75) is 27.2 Å². The van der Waals surface area contributed by atoms with Crippen LogP contribution in [0.5, 0.6) is 0 Å². The first kappa shape index (κ1) is 15.0. The van der Waals surface area contributed by atoms with E-state index >= 15 is 0 Å². The third-order valence-corrected chi connectivity index (χ3v) is 1.27. The number of allylic oxidation sites excluding steroid dienone is 1. The molecule has 0 saturated heterocycles. The van der Waals surface area contributed by atoms with E-state index in [1.54, 1.807) is 0 Å². The largest absolute Gasteiger partial charge is 0.512 e. The maximum absolute atomic E-state index is 10.8. The predicted molar refractivity (Wildman–Crippen MR) is 46.8 cm³/mol. The number of hydrogen-bond acceptors (Lipinski definition) is 3. The molecule has 0 aliphatic rings. The van der Waals surface area contributed by atoms with Crippen molar-refractivity contribution in [1.82, 2.24) is 0 Å². The Morgan fingerprint density at radius 1 is 1.54 bits per heavy atom. The van der Waals surface area contributed by atoms with Gasteiger partial charge in [-0.25, -0.2) is 4.79 Å². The molecule has 4 heteroatoms. The molecule has 0 aromatic heterocycles. The van der Waals surface area contributed by atoms with Crippen LogP contribution in [-0.2, 0) is 26.6 Å². The van der Waals surface area contributed by atoms with Gasteiger partial charge in [-0.05, 0) is 19.3 Å². The van der Waals surface area contributed by atoms with E-state index in [0.717, 1.165) is 12.5 Å². The monoisotopic (exact) mass is 235 g/mol. The number of ether oxygens (including phenoxy) is 1. The standard InChI is InChI=1S/C9H16O3.Cu/c1-7(2)4-5-12-9(11)6-8(3)10;/h6-7,10H,4-5H2,1-3H3;/b8-6-;. The minimum atomic E-state index is -0.476. The zero-order valence-electron chi connectivity index (χ0n) is 8.13. The van der Waals surface area contributed by atoms with E-state index in [1.165, 1.54) is 6.92 Å². The Bertz CT molecular complexity index is 172. The van der Waals surface area contributed by atoms with E-state index in [0.29, 0.717) is 12.5 Å². The molecule has 0 unspecified atom stereocenters. The third-order valence-electron chi connectivity index (χ3n) is 1.27. The second-order valence-electron chi connectivity index (χ2n) is 3.14. The van der Waals surface area contributed by atoms with Crippen LogP contribution in [0.15, 0.2) is 11.8 Å². The minimum Gasteiger partial charge on any atom is -0.512 e. The Balaban J connectivity index is 0. The molecule has 0 heterocycles. The molecule has 0 bridgehead atoms.